The minimum absolute atomic E-state index is 0.138. The highest BCUT2D eigenvalue weighted by molar-refractivity contribution is 7.99. The van der Waals surface area contributed by atoms with Crippen LogP contribution in [0.2, 0.25) is 5.02 Å². The molecule has 0 saturated carbocycles. The van der Waals surface area contributed by atoms with Gasteiger partial charge in [-0.05, 0) is 59.6 Å². The number of amides is 1. The van der Waals surface area contributed by atoms with Crippen LogP contribution in [0.3, 0.4) is 0 Å². The Balaban J connectivity index is 1.55. The quantitative estimate of drug-likeness (QED) is 0.475. The van der Waals surface area contributed by atoms with Gasteiger partial charge in [0.05, 0.1) is 36.6 Å². The molecule has 2 unspecified atom stereocenters. The molecule has 1 spiro atoms. The Bertz CT molecular complexity index is 1250. The van der Waals surface area contributed by atoms with Gasteiger partial charge < -0.3 is 30.2 Å². The lowest BCUT2D eigenvalue weighted by Gasteiger charge is -2.43. The number of hydrogen-bond acceptors (Lipinski definition) is 10. The van der Waals surface area contributed by atoms with Gasteiger partial charge in [0, 0.05) is 34.5 Å². The first kappa shape index (κ1) is 29.2. The summed E-state index contributed by atoms with van der Waals surface area (Å²) in [6.07, 6.45) is 2.51. The summed E-state index contributed by atoms with van der Waals surface area (Å²) in [6.45, 7) is 11.2. The SMILES string of the molecule is COC(=O)c1cc(Sc2ccnc(N)c2Cl)c(C)nc1N1CCC2(CC1)COC(C)C2NC(=O)OC(C)(C)C. The molecule has 2 aliphatic rings. The molecular weight excluding hydrogens is 542 g/mol. The van der Waals surface area contributed by atoms with Gasteiger partial charge in [-0.15, -0.1) is 0 Å². The number of aryl methyl sites for hydroxylation is 1. The molecule has 2 atom stereocenters. The largest absolute Gasteiger partial charge is 0.465 e. The number of hydrogen-bond donors (Lipinski definition) is 2. The van der Waals surface area contributed by atoms with Gasteiger partial charge in [0.15, 0.2) is 0 Å². The Morgan fingerprint density at radius 3 is 2.62 bits per heavy atom. The molecular formula is C27H36ClN5O5S. The van der Waals surface area contributed by atoms with Crippen LogP contribution in [-0.4, -0.2) is 66.6 Å². The van der Waals surface area contributed by atoms with E-state index in [0.717, 1.165) is 28.3 Å². The molecule has 4 rings (SSSR count). The van der Waals surface area contributed by atoms with Crippen LogP contribution in [0.5, 0.6) is 0 Å². The van der Waals surface area contributed by atoms with Gasteiger partial charge in [-0.3, -0.25) is 0 Å². The van der Waals surface area contributed by atoms with Gasteiger partial charge >= 0.3 is 12.1 Å². The van der Waals surface area contributed by atoms with Crippen LogP contribution in [0, 0.1) is 12.3 Å². The number of aromatic nitrogens is 2. The second kappa shape index (κ2) is 11.4. The third kappa shape index (κ3) is 6.36. The fourth-order valence-corrected chi connectivity index (χ4v) is 6.28. The molecule has 0 bridgehead atoms. The second-order valence-electron chi connectivity index (χ2n) is 11.0. The van der Waals surface area contributed by atoms with Crippen molar-refractivity contribution in [3.63, 3.8) is 0 Å². The number of anilines is 2. The third-order valence-corrected chi connectivity index (χ3v) is 8.85. The number of piperidine rings is 1. The zero-order chi connectivity index (χ0) is 28.5. The standard InChI is InChI=1S/C27H36ClN5O5S/c1-15-19(39-18-7-10-30-22(29)20(18)28)13-17(24(34)36-6)23(31-15)33-11-8-27(9-12-33)14-37-16(2)21(27)32-25(35)38-26(3,4)5/h7,10,13,16,21H,8-9,11-12,14H2,1-6H3,(H2,29,30)(H,32,35). The summed E-state index contributed by atoms with van der Waals surface area (Å²) in [7, 11) is 1.36. The number of carbonyl (C=O) groups is 2. The minimum atomic E-state index is -0.586. The van der Waals surface area contributed by atoms with E-state index in [-0.39, 0.29) is 23.4 Å². The van der Waals surface area contributed by atoms with Crippen molar-refractivity contribution in [2.75, 3.05) is 37.4 Å². The van der Waals surface area contributed by atoms with Crippen molar-refractivity contribution in [3.8, 4) is 0 Å². The first-order valence-electron chi connectivity index (χ1n) is 12.9. The maximum atomic E-state index is 12.9. The average molecular weight is 578 g/mol. The van der Waals surface area contributed by atoms with E-state index in [2.05, 4.69) is 15.2 Å². The summed E-state index contributed by atoms with van der Waals surface area (Å²) in [5, 5.41) is 3.42. The maximum absolute atomic E-state index is 12.9. The van der Waals surface area contributed by atoms with Gasteiger partial charge in [0.2, 0.25) is 0 Å². The van der Waals surface area contributed by atoms with Crippen LogP contribution in [-0.2, 0) is 14.2 Å². The number of nitrogens with one attached hydrogen (secondary N) is 1. The van der Waals surface area contributed by atoms with E-state index in [4.69, 9.17) is 36.5 Å². The summed E-state index contributed by atoms with van der Waals surface area (Å²) < 4.78 is 16.6. The van der Waals surface area contributed by atoms with Crippen LogP contribution in [0.4, 0.5) is 16.4 Å². The summed E-state index contributed by atoms with van der Waals surface area (Å²) >= 11 is 7.72. The Morgan fingerprint density at radius 2 is 1.97 bits per heavy atom. The lowest BCUT2D eigenvalue weighted by molar-refractivity contribution is 0.0433. The number of carbonyl (C=O) groups excluding carboxylic acids is 2. The van der Waals surface area contributed by atoms with Crippen molar-refractivity contribution in [1.82, 2.24) is 15.3 Å². The highest BCUT2D eigenvalue weighted by Crippen LogP contribution is 2.44. The zero-order valence-corrected chi connectivity index (χ0v) is 24.7. The molecule has 10 nitrogen and oxygen atoms in total. The van der Waals surface area contributed by atoms with Gasteiger partial charge in [-0.2, -0.15) is 0 Å². The Hall–Kier alpha value is -2.76. The van der Waals surface area contributed by atoms with E-state index < -0.39 is 17.7 Å². The molecule has 0 aliphatic carbocycles. The normalized spacial score (nSPS) is 20.6. The molecule has 0 aromatic carbocycles. The fourth-order valence-electron chi connectivity index (χ4n) is 5.12. The number of ether oxygens (including phenoxy) is 3. The van der Waals surface area contributed by atoms with Crippen molar-refractivity contribution >= 4 is 47.1 Å². The number of halogens is 1. The summed E-state index contributed by atoms with van der Waals surface area (Å²) in [4.78, 5) is 37.9. The van der Waals surface area contributed by atoms with Crippen molar-refractivity contribution in [1.29, 1.82) is 0 Å². The van der Waals surface area contributed by atoms with Crippen LogP contribution in [0.25, 0.3) is 0 Å². The van der Waals surface area contributed by atoms with E-state index in [1.165, 1.54) is 18.9 Å². The fraction of sp³-hybridized carbons (Fsp3) is 0.556. The van der Waals surface area contributed by atoms with Gasteiger partial charge in [0.25, 0.3) is 0 Å². The number of alkyl carbamates (subject to hydrolysis) is 1. The van der Waals surface area contributed by atoms with Crippen LogP contribution < -0.4 is 16.0 Å². The summed E-state index contributed by atoms with van der Waals surface area (Å²) in [5.74, 6) is 0.341. The predicted octanol–water partition coefficient (Wildman–Crippen LogP) is 4.86. The summed E-state index contributed by atoms with van der Waals surface area (Å²) in [5.41, 5.74) is 6.16. The number of esters is 1. The van der Waals surface area contributed by atoms with E-state index in [1.807, 2.05) is 34.6 Å². The number of nitrogens with two attached hydrogens (primary N) is 1. The van der Waals surface area contributed by atoms with Crippen LogP contribution in [0.15, 0.2) is 28.1 Å². The summed E-state index contributed by atoms with van der Waals surface area (Å²) in [6, 6.07) is 3.38. The molecule has 2 saturated heterocycles. The number of rotatable bonds is 5. The topological polar surface area (TPSA) is 129 Å². The number of nitrogen functional groups attached to an aromatic ring is 1. The number of nitrogens with zero attached hydrogens (tertiary/aromatic N) is 3. The Labute approximate surface area is 238 Å². The molecule has 2 fully saturated rings. The van der Waals surface area contributed by atoms with Crippen LogP contribution in [0.1, 0.15) is 56.6 Å². The Kier molecular flexibility index (Phi) is 8.53. The first-order valence-corrected chi connectivity index (χ1v) is 14.1. The first-order chi connectivity index (χ1) is 18.3. The van der Waals surface area contributed by atoms with Gasteiger partial charge in [-0.1, -0.05) is 23.4 Å². The molecule has 2 aromatic rings. The minimum Gasteiger partial charge on any atom is -0.465 e. The molecule has 2 aromatic heterocycles. The molecule has 3 N–H and O–H groups in total. The number of pyridine rings is 2. The lowest BCUT2D eigenvalue weighted by Crippen LogP contribution is -2.55. The maximum Gasteiger partial charge on any atom is 0.407 e. The molecule has 12 heteroatoms. The van der Waals surface area contributed by atoms with Gasteiger partial charge in [0.1, 0.15) is 22.8 Å². The van der Waals surface area contributed by atoms with Crippen LogP contribution >= 0.6 is 23.4 Å². The average Bonchev–Trinajstić information content (AvgIpc) is 3.16. The zero-order valence-electron chi connectivity index (χ0n) is 23.2. The van der Waals surface area contributed by atoms with Crippen molar-refractivity contribution in [2.24, 2.45) is 5.41 Å². The third-order valence-electron chi connectivity index (χ3n) is 7.15. The van der Waals surface area contributed by atoms with E-state index >= 15 is 0 Å². The van der Waals surface area contributed by atoms with Gasteiger partial charge in [-0.25, -0.2) is 19.6 Å². The van der Waals surface area contributed by atoms with Crippen molar-refractivity contribution in [3.05, 3.63) is 34.6 Å². The predicted molar refractivity (Wildman–Crippen MR) is 151 cm³/mol. The van der Waals surface area contributed by atoms with E-state index in [9.17, 15) is 9.59 Å². The van der Waals surface area contributed by atoms with Crippen molar-refractivity contribution in [2.45, 2.75) is 75.0 Å². The van der Waals surface area contributed by atoms with Crippen molar-refractivity contribution < 1.29 is 23.8 Å². The smallest absolute Gasteiger partial charge is 0.407 e. The molecule has 4 heterocycles. The molecule has 39 heavy (non-hydrogen) atoms. The number of methoxy groups -OCH3 is 1. The molecule has 0 radical (unpaired) electrons. The lowest BCUT2D eigenvalue weighted by atomic mass is 9.73. The molecule has 2 aliphatic heterocycles. The second-order valence-corrected chi connectivity index (χ2v) is 12.5. The Morgan fingerprint density at radius 1 is 1.28 bits per heavy atom. The monoisotopic (exact) mass is 577 g/mol. The highest BCUT2D eigenvalue weighted by Gasteiger charge is 2.50. The molecule has 1 amide bonds. The van der Waals surface area contributed by atoms with E-state index in [1.54, 1.807) is 18.3 Å². The molecule has 212 valence electrons. The highest BCUT2D eigenvalue weighted by atomic mass is 35.5. The van der Waals surface area contributed by atoms with E-state index in [0.29, 0.717) is 36.1 Å².